The fraction of sp³-hybridized carbons (Fsp3) is 0. The number of benzene rings is 10. The van der Waals surface area contributed by atoms with Crippen LogP contribution in [-0.2, 0) is 0 Å². The van der Waals surface area contributed by atoms with E-state index in [4.69, 9.17) is 19.4 Å². The Labute approximate surface area is 400 Å². The number of para-hydroxylation sites is 6. The standard InChI is InChI=1S/C63H38N6O/c1-2-17-39(18-3-1)61-64-62(66-63(65-61)41-35-36-48-47-25-8-13-34-57(47)70-58(48)38-41)40-19-14-20-42(37-40)67-54-31-16-32-55(68-50-27-9-4-21-43(50)44-22-5-10-28-51(44)68)59(54)49-26-15-33-56(60(49)67)69-52-29-11-6-23-45(52)46-24-7-12-30-53(46)69/h1-38H. The van der Waals surface area contributed by atoms with Crippen LogP contribution in [0, 0.1) is 0 Å². The molecule has 5 heterocycles. The number of aromatic nitrogens is 6. The highest BCUT2D eigenvalue weighted by Gasteiger charge is 2.24. The number of furan rings is 1. The van der Waals surface area contributed by atoms with Crippen LogP contribution in [0.25, 0.3) is 139 Å². The van der Waals surface area contributed by atoms with E-state index in [1.54, 1.807) is 0 Å². The molecule has 10 aromatic carbocycles. The maximum absolute atomic E-state index is 6.35. The molecule has 0 bridgehead atoms. The van der Waals surface area contributed by atoms with E-state index in [1.165, 1.54) is 21.5 Å². The first-order valence-electron chi connectivity index (χ1n) is 23.6. The third-order valence-corrected chi connectivity index (χ3v) is 14.1. The van der Waals surface area contributed by atoms with Gasteiger partial charge in [0, 0.05) is 65.5 Å². The largest absolute Gasteiger partial charge is 0.456 e. The lowest BCUT2D eigenvalue weighted by Crippen LogP contribution is -2.02. The summed E-state index contributed by atoms with van der Waals surface area (Å²) in [5, 5.41) is 9.31. The molecule has 326 valence electrons. The summed E-state index contributed by atoms with van der Waals surface area (Å²) in [7, 11) is 0. The molecule has 7 nitrogen and oxygen atoms in total. The molecule has 0 fully saturated rings. The number of rotatable bonds is 6. The van der Waals surface area contributed by atoms with E-state index in [2.05, 4.69) is 190 Å². The van der Waals surface area contributed by atoms with Gasteiger partial charge in [0.05, 0.1) is 44.5 Å². The van der Waals surface area contributed by atoms with Crippen molar-refractivity contribution in [3.63, 3.8) is 0 Å². The molecule has 0 atom stereocenters. The normalized spacial score (nSPS) is 12.0. The van der Waals surface area contributed by atoms with E-state index >= 15 is 0 Å². The molecule has 15 rings (SSSR count). The summed E-state index contributed by atoms with van der Waals surface area (Å²) >= 11 is 0. The van der Waals surface area contributed by atoms with Gasteiger partial charge in [0.15, 0.2) is 17.5 Å². The van der Waals surface area contributed by atoms with Gasteiger partial charge in [-0.25, -0.2) is 15.0 Å². The third kappa shape index (κ3) is 5.66. The number of nitrogens with zero attached hydrogens (tertiary/aromatic N) is 6. The first-order chi connectivity index (χ1) is 34.7. The van der Waals surface area contributed by atoms with Crippen molar-refractivity contribution in [3.05, 3.63) is 231 Å². The van der Waals surface area contributed by atoms with Crippen LogP contribution in [0.2, 0.25) is 0 Å². The van der Waals surface area contributed by atoms with Crippen molar-refractivity contribution in [2.45, 2.75) is 0 Å². The van der Waals surface area contributed by atoms with Crippen LogP contribution in [0.15, 0.2) is 235 Å². The monoisotopic (exact) mass is 894 g/mol. The van der Waals surface area contributed by atoms with Crippen LogP contribution < -0.4 is 0 Å². The topological polar surface area (TPSA) is 66.6 Å². The predicted octanol–water partition coefficient (Wildman–Crippen LogP) is 16.1. The Balaban J connectivity index is 1.01. The fourth-order valence-electron chi connectivity index (χ4n) is 11.1. The lowest BCUT2D eigenvalue weighted by molar-refractivity contribution is 0.669. The molecule has 0 saturated heterocycles. The zero-order valence-electron chi connectivity index (χ0n) is 37.5. The molecule has 0 aliphatic carbocycles. The maximum Gasteiger partial charge on any atom is 0.164 e. The minimum atomic E-state index is 0.568. The van der Waals surface area contributed by atoms with Gasteiger partial charge in [-0.3, -0.25) is 0 Å². The molecular formula is C63H38N6O. The maximum atomic E-state index is 6.35. The Kier molecular flexibility index (Phi) is 8.23. The molecule has 0 N–H and O–H groups in total. The summed E-state index contributed by atoms with van der Waals surface area (Å²) in [6.45, 7) is 0. The second-order valence-corrected chi connectivity index (χ2v) is 18.0. The van der Waals surface area contributed by atoms with Gasteiger partial charge in [-0.05, 0) is 72.8 Å². The highest BCUT2D eigenvalue weighted by Crippen LogP contribution is 2.44. The Morgan fingerprint density at radius 3 is 1.40 bits per heavy atom. The van der Waals surface area contributed by atoms with Crippen LogP contribution in [-0.4, -0.2) is 28.7 Å². The summed E-state index contributed by atoms with van der Waals surface area (Å²) in [6, 6.07) is 81.6. The van der Waals surface area contributed by atoms with Gasteiger partial charge in [-0.2, -0.15) is 0 Å². The van der Waals surface area contributed by atoms with Crippen LogP contribution in [0.5, 0.6) is 0 Å². The van der Waals surface area contributed by atoms with Crippen molar-refractivity contribution in [2.75, 3.05) is 0 Å². The van der Waals surface area contributed by atoms with Crippen LogP contribution in [0.3, 0.4) is 0 Å². The second-order valence-electron chi connectivity index (χ2n) is 18.0. The third-order valence-electron chi connectivity index (χ3n) is 14.1. The summed E-state index contributed by atoms with van der Waals surface area (Å²) in [6.07, 6.45) is 0. The Morgan fingerprint density at radius 2 is 0.743 bits per heavy atom. The van der Waals surface area contributed by atoms with E-state index in [9.17, 15) is 0 Å². The van der Waals surface area contributed by atoms with Gasteiger partial charge < -0.3 is 18.1 Å². The first-order valence-corrected chi connectivity index (χ1v) is 23.6. The molecule has 0 aliphatic heterocycles. The SMILES string of the molecule is c1ccc(-c2nc(-c3cccc(-n4c5cccc(-n6c7ccccc7c7ccccc76)c5c5cccc(-n6c7ccccc7c7ccccc76)c54)c3)nc(-c3ccc4c(c3)oc3ccccc34)n2)cc1. The van der Waals surface area contributed by atoms with Crippen molar-refractivity contribution in [2.24, 2.45) is 0 Å². The van der Waals surface area contributed by atoms with Crippen molar-refractivity contribution >= 4 is 87.4 Å². The van der Waals surface area contributed by atoms with Crippen LogP contribution in [0.1, 0.15) is 0 Å². The van der Waals surface area contributed by atoms with E-state index in [0.29, 0.717) is 17.5 Å². The quantitative estimate of drug-likeness (QED) is 0.167. The van der Waals surface area contributed by atoms with Crippen LogP contribution in [0.4, 0.5) is 0 Å². The lowest BCUT2D eigenvalue weighted by Gasteiger charge is -2.15. The Bertz CT molecular complexity index is 4500. The van der Waals surface area contributed by atoms with Crippen molar-refractivity contribution in [1.29, 1.82) is 0 Å². The number of fused-ring (bicyclic) bond motifs is 12. The zero-order chi connectivity index (χ0) is 45.9. The zero-order valence-corrected chi connectivity index (χ0v) is 37.5. The molecule has 7 heteroatoms. The molecule has 0 saturated carbocycles. The minimum absolute atomic E-state index is 0.568. The summed E-state index contributed by atoms with van der Waals surface area (Å²) in [5.74, 6) is 1.74. The van der Waals surface area contributed by atoms with E-state index in [-0.39, 0.29) is 0 Å². The predicted molar refractivity (Wildman–Crippen MR) is 286 cm³/mol. The van der Waals surface area contributed by atoms with E-state index < -0.39 is 0 Å². The van der Waals surface area contributed by atoms with E-state index in [0.717, 1.165) is 99.6 Å². The summed E-state index contributed by atoms with van der Waals surface area (Å²) in [4.78, 5) is 15.6. The molecule has 15 aromatic rings. The Hall–Kier alpha value is -9.59. The van der Waals surface area contributed by atoms with Crippen molar-refractivity contribution in [1.82, 2.24) is 28.7 Å². The number of hydrogen-bond acceptors (Lipinski definition) is 4. The van der Waals surface area contributed by atoms with Gasteiger partial charge in [-0.1, -0.05) is 158 Å². The molecule has 0 radical (unpaired) electrons. The smallest absolute Gasteiger partial charge is 0.164 e. The van der Waals surface area contributed by atoms with E-state index in [1.807, 2.05) is 54.6 Å². The molecule has 0 unspecified atom stereocenters. The second kappa shape index (κ2) is 15.0. The van der Waals surface area contributed by atoms with Crippen LogP contribution >= 0.6 is 0 Å². The van der Waals surface area contributed by atoms with Gasteiger partial charge in [0.2, 0.25) is 0 Å². The molecule has 70 heavy (non-hydrogen) atoms. The molecule has 0 spiro atoms. The lowest BCUT2D eigenvalue weighted by atomic mass is 10.1. The summed E-state index contributed by atoms with van der Waals surface area (Å²) < 4.78 is 13.7. The van der Waals surface area contributed by atoms with Gasteiger partial charge >= 0.3 is 0 Å². The molecular weight excluding hydrogens is 857 g/mol. The minimum Gasteiger partial charge on any atom is -0.456 e. The highest BCUT2D eigenvalue weighted by atomic mass is 16.3. The molecule has 0 amide bonds. The average Bonchev–Trinajstić information content (AvgIpc) is 4.17. The fourth-order valence-corrected chi connectivity index (χ4v) is 11.1. The molecule has 5 aromatic heterocycles. The van der Waals surface area contributed by atoms with Crippen molar-refractivity contribution < 1.29 is 4.42 Å². The summed E-state index contributed by atoms with van der Waals surface area (Å²) in [5.41, 5.74) is 14.2. The highest BCUT2D eigenvalue weighted by molar-refractivity contribution is 6.19. The van der Waals surface area contributed by atoms with Crippen molar-refractivity contribution in [3.8, 4) is 51.2 Å². The van der Waals surface area contributed by atoms with Gasteiger partial charge in [-0.15, -0.1) is 0 Å². The first kappa shape index (κ1) is 38.5. The average molecular weight is 895 g/mol. The van der Waals surface area contributed by atoms with Gasteiger partial charge in [0.25, 0.3) is 0 Å². The van der Waals surface area contributed by atoms with Gasteiger partial charge in [0.1, 0.15) is 11.2 Å². The Morgan fingerprint density at radius 1 is 0.286 bits per heavy atom. The number of hydrogen-bond donors (Lipinski definition) is 0. The molecule has 0 aliphatic rings.